The number of carboxylic acids is 1. The van der Waals surface area contributed by atoms with Gasteiger partial charge in [0.2, 0.25) is 0 Å². The smallest absolute Gasteiger partial charge is 0.335 e. The van der Waals surface area contributed by atoms with Crippen molar-refractivity contribution in [2.75, 3.05) is 4.90 Å². The quantitative estimate of drug-likeness (QED) is 0.331. The van der Waals surface area contributed by atoms with Crippen LogP contribution in [0.2, 0.25) is 0 Å². The van der Waals surface area contributed by atoms with Crippen molar-refractivity contribution in [3.8, 4) is 5.69 Å². The van der Waals surface area contributed by atoms with E-state index >= 15 is 0 Å². The molecular weight excluding hydrogens is 468 g/mol. The standard InChI is InChI=1S/C29H28N4O2S/c1-17-13-18(2)15-23(14-17)33-27(26(31-29(33)36)25-7-5-6-12-30-25)24-16-19(3)32(20(24)4)22-10-8-21(9-11-22)28(34)35/h5-16,26-27H,1-4H3,(H,31,36)(H,34,35)/t26-,27+/m0/s1. The van der Waals surface area contributed by atoms with Crippen LogP contribution in [0.5, 0.6) is 0 Å². The highest BCUT2D eigenvalue weighted by molar-refractivity contribution is 7.80. The van der Waals surface area contributed by atoms with Crippen molar-refractivity contribution in [3.05, 3.63) is 112 Å². The summed E-state index contributed by atoms with van der Waals surface area (Å²) >= 11 is 5.90. The van der Waals surface area contributed by atoms with E-state index in [-0.39, 0.29) is 17.6 Å². The molecule has 5 rings (SSSR count). The van der Waals surface area contributed by atoms with Gasteiger partial charge in [-0.15, -0.1) is 0 Å². The Balaban J connectivity index is 1.67. The summed E-state index contributed by atoms with van der Waals surface area (Å²) in [7, 11) is 0. The molecule has 1 fully saturated rings. The number of hydrogen-bond donors (Lipinski definition) is 2. The van der Waals surface area contributed by atoms with Crippen molar-refractivity contribution in [1.29, 1.82) is 0 Å². The number of benzene rings is 2. The summed E-state index contributed by atoms with van der Waals surface area (Å²) in [5, 5.41) is 13.5. The lowest BCUT2D eigenvalue weighted by Crippen LogP contribution is -2.29. The van der Waals surface area contributed by atoms with E-state index in [2.05, 4.69) is 71.7 Å². The van der Waals surface area contributed by atoms with Gasteiger partial charge in [0.05, 0.1) is 23.3 Å². The molecular formula is C29H28N4O2S. The zero-order chi connectivity index (χ0) is 25.6. The molecule has 6 nitrogen and oxygen atoms in total. The van der Waals surface area contributed by atoms with Crippen LogP contribution in [0.3, 0.4) is 0 Å². The SMILES string of the molecule is Cc1cc(C)cc(N2C(=S)N[C@@H](c3ccccn3)[C@H]2c2cc(C)n(-c3ccc(C(=O)O)cc3)c2C)c1. The van der Waals surface area contributed by atoms with Gasteiger partial charge in [-0.05, 0) is 111 Å². The van der Waals surface area contributed by atoms with Crippen molar-refractivity contribution < 1.29 is 9.90 Å². The fraction of sp³-hybridized carbons (Fsp3) is 0.207. The summed E-state index contributed by atoms with van der Waals surface area (Å²) in [5.74, 6) is -0.934. The Kier molecular flexibility index (Phi) is 6.10. The van der Waals surface area contributed by atoms with Crippen molar-refractivity contribution >= 4 is 29.0 Å². The number of carbonyl (C=O) groups is 1. The first kappa shape index (κ1) is 23.8. The molecule has 1 aliphatic rings. The summed E-state index contributed by atoms with van der Waals surface area (Å²) in [4.78, 5) is 18.2. The summed E-state index contributed by atoms with van der Waals surface area (Å²) < 4.78 is 2.16. The van der Waals surface area contributed by atoms with E-state index in [9.17, 15) is 9.90 Å². The Morgan fingerprint density at radius 2 is 1.64 bits per heavy atom. The minimum absolute atomic E-state index is 0.119. The second-order valence-electron chi connectivity index (χ2n) is 9.36. The van der Waals surface area contributed by atoms with E-state index in [0.29, 0.717) is 5.11 Å². The lowest BCUT2D eigenvalue weighted by Gasteiger charge is -2.29. The molecule has 0 amide bonds. The first-order valence-electron chi connectivity index (χ1n) is 11.9. The number of hydrogen-bond acceptors (Lipinski definition) is 3. The molecule has 7 heteroatoms. The predicted molar refractivity (Wildman–Crippen MR) is 146 cm³/mol. The second-order valence-corrected chi connectivity index (χ2v) is 9.74. The Morgan fingerprint density at radius 1 is 0.944 bits per heavy atom. The fourth-order valence-electron chi connectivity index (χ4n) is 5.28. The number of carboxylic acid groups (broad SMARTS) is 1. The van der Waals surface area contributed by atoms with Crippen molar-refractivity contribution in [3.63, 3.8) is 0 Å². The first-order valence-corrected chi connectivity index (χ1v) is 12.3. The highest BCUT2D eigenvalue weighted by atomic mass is 32.1. The second kappa shape index (κ2) is 9.24. The molecule has 0 spiro atoms. The number of thiocarbonyl (C=S) groups is 1. The van der Waals surface area contributed by atoms with Gasteiger partial charge >= 0.3 is 5.97 Å². The molecule has 2 atom stereocenters. The van der Waals surface area contributed by atoms with E-state index < -0.39 is 5.97 Å². The van der Waals surface area contributed by atoms with Gasteiger partial charge in [-0.1, -0.05) is 12.1 Å². The molecule has 182 valence electrons. The van der Waals surface area contributed by atoms with Gasteiger partial charge in [0.25, 0.3) is 0 Å². The third-order valence-corrected chi connectivity index (χ3v) is 7.06. The Hall–Kier alpha value is -3.97. The van der Waals surface area contributed by atoms with Crippen LogP contribution in [0, 0.1) is 27.7 Å². The molecule has 2 aromatic carbocycles. The maximum atomic E-state index is 11.3. The lowest BCUT2D eigenvalue weighted by atomic mass is 9.96. The van der Waals surface area contributed by atoms with Crippen LogP contribution < -0.4 is 10.2 Å². The zero-order valence-electron chi connectivity index (χ0n) is 20.7. The maximum absolute atomic E-state index is 11.3. The van der Waals surface area contributed by atoms with E-state index in [0.717, 1.165) is 34.0 Å². The molecule has 4 aromatic rings. The molecule has 1 saturated heterocycles. The number of nitrogens with one attached hydrogen (secondary N) is 1. The third kappa shape index (κ3) is 4.16. The van der Waals surface area contributed by atoms with Crippen LogP contribution in [0.25, 0.3) is 5.69 Å². The Morgan fingerprint density at radius 3 is 2.25 bits per heavy atom. The van der Waals surface area contributed by atoms with E-state index in [1.165, 1.54) is 11.1 Å². The van der Waals surface area contributed by atoms with Crippen LogP contribution in [0.4, 0.5) is 5.69 Å². The third-order valence-electron chi connectivity index (χ3n) is 6.74. The van der Waals surface area contributed by atoms with Gasteiger partial charge in [0, 0.05) is 29.0 Å². The fourth-order valence-corrected chi connectivity index (χ4v) is 5.62. The molecule has 0 bridgehead atoms. The molecule has 0 unspecified atom stereocenters. The largest absolute Gasteiger partial charge is 0.478 e. The van der Waals surface area contributed by atoms with Gasteiger partial charge in [-0.25, -0.2) is 4.79 Å². The summed E-state index contributed by atoms with van der Waals surface area (Å²) in [5.41, 5.74) is 8.78. The number of rotatable bonds is 5. The highest BCUT2D eigenvalue weighted by Crippen LogP contribution is 2.44. The average Bonchev–Trinajstić information content (AvgIpc) is 3.34. The summed E-state index contributed by atoms with van der Waals surface area (Å²) in [6.07, 6.45) is 1.81. The molecule has 1 aliphatic heterocycles. The number of aromatic nitrogens is 2. The van der Waals surface area contributed by atoms with Gasteiger partial charge in [0.1, 0.15) is 0 Å². The van der Waals surface area contributed by atoms with Gasteiger partial charge in [-0.3, -0.25) is 4.98 Å². The number of aryl methyl sites for hydroxylation is 3. The minimum atomic E-state index is -0.934. The van der Waals surface area contributed by atoms with Crippen LogP contribution >= 0.6 is 12.2 Å². The van der Waals surface area contributed by atoms with Crippen LogP contribution in [0.1, 0.15) is 56.2 Å². The molecule has 2 N–H and O–H groups in total. The molecule has 2 aromatic heterocycles. The normalized spacial score (nSPS) is 17.3. The predicted octanol–water partition coefficient (Wildman–Crippen LogP) is 5.98. The summed E-state index contributed by atoms with van der Waals surface area (Å²) in [6.45, 7) is 8.37. The van der Waals surface area contributed by atoms with Crippen LogP contribution in [0.15, 0.2) is 72.9 Å². The first-order chi connectivity index (χ1) is 17.2. The molecule has 36 heavy (non-hydrogen) atoms. The molecule has 3 heterocycles. The van der Waals surface area contributed by atoms with E-state index in [4.69, 9.17) is 12.2 Å². The molecule has 0 radical (unpaired) electrons. The van der Waals surface area contributed by atoms with Crippen LogP contribution in [-0.4, -0.2) is 25.7 Å². The lowest BCUT2D eigenvalue weighted by molar-refractivity contribution is 0.0697. The number of nitrogens with zero attached hydrogens (tertiary/aromatic N) is 3. The minimum Gasteiger partial charge on any atom is -0.478 e. The van der Waals surface area contributed by atoms with Gasteiger partial charge < -0.3 is 19.9 Å². The zero-order valence-corrected chi connectivity index (χ0v) is 21.5. The number of anilines is 1. The Bertz CT molecular complexity index is 1440. The highest BCUT2D eigenvalue weighted by Gasteiger charge is 2.42. The van der Waals surface area contributed by atoms with Gasteiger partial charge in [0.15, 0.2) is 5.11 Å². The van der Waals surface area contributed by atoms with Crippen molar-refractivity contribution in [1.82, 2.24) is 14.9 Å². The maximum Gasteiger partial charge on any atom is 0.335 e. The van der Waals surface area contributed by atoms with Crippen molar-refractivity contribution in [2.24, 2.45) is 0 Å². The summed E-state index contributed by atoms with van der Waals surface area (Å²) in [6, 6.07) is 21.4. The number of pyridine rings is 1. The van der Waals surface area contributed by atoms with E-state index in [1.807, 2.05) is 36.5 Å². The number of aromatic carboxylic acids is 1. The van der Waals surface area contributed by atoms with Crippen LogP contribution in [-0.2, 0) is 0 Å². The van der Waals surface area contributed by atoms with Crippen molar-refractivity contribution in [2.45, 2.75) is 39.8 Å². The average molecular weight is 497 g/mol. The monoisotopic (exact) mass is 496 g/mol. The topological polar surface area (TPSA) is 70.4 Å². The van der Waals surface area contributed by atoms with Gasteiger partial charge in [-0.2, -0.15) is 0 Å². The Labute approximate surface area is 216 Å². The van der Waals surface area contributed by atoms with E-state index in [1.54, 1.807) is 12.1 Å². The molecule has 0 saturated carbocycles. The molecule has 0 aliphatic carbocycles.